The summed E-state index contributed by atoms with van der Waals surface area (Å²) in [5.74, 6) is -0.758. The van der Waals surface area contributed by atoms with Crippen LogP contribution in [0.15, 0.2) is 48.5 Å². The van der Waals surface area contributed by atoms with E-state index in [4.69, 9.17) is 11.6 Å². The summed E-state index contributed by atoms with van der Waals surface area (Å²) in [7, 11) is 0. The number of rotatable bonds is 4. The number of halogens is 1. The SMILES string of the molecule is O=C(O)C1(Nc2ccc(-c3ccc(Cl)cc3)cc2)CCCC1. The Labute approximate surface area is 134 Å². The molecule has 0 saturated heterocycles. The van der Waals surface area contributed by atoms with Crippen molar-refractivity contribution in [3.63, 3.8) is 0 Å². The summed E-state index contributed by atoms with van der Waals surface area (Å²) in [6, 6.07) is 15.5. The average Bonchev–Trinajstić information content (AvgIpc) is 2.99. The van der Waals surface area contributed by atoms with Gasteiger partial charge in [0, 0.05) is 10.7 Å². The lowest BCUT2D eigenvalue weighted by Crippen LogP contribution is -2.43. The molecule has 2 aromatic carbocycles. The first-order chi connectivity index (χ1) is 10.6. The van der Waals surface area contributed by atoms with Crippen molar-refractivity contribution in [2.45, 2.75) is 31.2 Å². The summed E-state index contributed by atoms with van der Waals surface area (Å²) in [5, 5.41) is 13.4. The molecular formula is C18H18ClNO2. The molecule has 2 aromatic rings. The maximum absolute atomic E-state index is 11.6. The molecule has 0 amide bonds. The number of aliphatic carboxylic acids is 1. The Morgan fingerprint density at radius 3 is 1.95 bits per heavy atom. The third-order valence-electron chi connectivity index (χ3n) is 4.31. The van der Waals surface area contributed by atoms with Gasteiger partial charge in [0.05, 0.1) is 0 Å². The van der Waals surface area contributed by atoms with Crippen molar-refractivity contribution in [3.8, 4) is 11.1 Å². The number of carbonyl (C=O) groups is 1. The highest BCUT2D eigenvalue weighted by molar-refractivity contribution is 6.30. The summed E-state index contributed by atoms with van der Waals surface area (Å²) in [6.07, 6.45) is 3.28. The Balaban J connectivity index is 1.79. The van der Waals surface area contributed by atoms with E-state index >= 15 is 0 Å². The molecule has 0 radical (unpaired) electrons. The van der Waals surface area contributed by atoms with Gasteiger partial charge in [0.25, 0.3) is 0 Å². The molecule has 0 unspecified atom stereocenters. The zero-order chi connectivity index (χ0) is 15.6. The molecule has 1 fully saturated rings. The van der Waals surface area contributed by atoms with Crippen molar-refractivity contribution in [3.05, 3.63) is 53.6 Å². The van der Waals surface area contributed by atoms with Crippen LogP contribution in [0.25, 0.3) is 11.1 Å². The van der Waals surface area contributed by atoms with E-state index in [0.29, 0.717) is 17.9 Å². The van der Waals surface area contributed by atoms with Crippen LogP contribution in [0.5, 0.6) is 0 Å². The first-order valence-electron chi connectivity index (χ1n) is 7.47. The summed E-state index contributed by atoms with van der Waals surface area (Å²) < 4.78 is 0. The zero-order valence-electron chi connectivity index (χ0n) is 12.2. The smallest absolute Gasteiger partial charge is 0.329 e. The first-order valence-corrected chi connectivity index (χ1v) is 7.84. The molecule has 0 atom stereocenters. The highest BCUT2D eigenvalue weighted by Crippen LogP contribution is 2.34. The molecule has 0 heterocycles. The number of nitrogens with one attached hydrogen (secondary N) is 1. The standard InChI is InChI=1S/C18H18ClNO2/c19-15-7-3-13(4-8-15)14-5-9-16(10-6-14)20-18(17(21)22)11-1-2-12-18/h3-10,20H,1-2,11-12H2,(H,21,22). The maximum Gasteiger partial charge on any atom is 0.329 e. The normalized spacial score (nSPS) is 16.4. The van der Waals surface area contributed by atoms with Gasteiger partial charge in [0.15, 0.2) is 0 Å². The Bertz CT molecular complexity index is 658. The summed E-state index contributed by atoms with van der Waals surface area (Å²) in [4.78, 5) is 11.6. The molecule has 1 aliphatic rings. The minimum atomic E-state index is -0.804. The fourth-order valence-electron chi connectivity index (χ4n) is 3.04. The fraction of sp³-hybridized carbons (Fsp3) is 0.278. The molecular weight excluding hydrogens is 298 g/mol. The van der Waals surface area contributed by atoms with Gasteiger partial charge in [-0.1, -0.05) is 48.7 Å². The molecule has 2 N–H and O–H groups in total. The largest absolute Gasteiger partial charge is 0.480 e. The van der Waals surface area contributed by atoms with Crippen LogP contribution in [-0.4, -0.2) is 16.6 Å². The molecule has 0 bridgehead atoms. The Morgan fingerprint density at radius 2 is 1.45 bits per heavy atom. The predicted octanol–water partition coefficient (Wildman–Crippen LogP) is 4.82. The summed E-state index contributed by atoms with van der Waals surface area (Å²) in [6.45, 7) is 0. The lowest BCUT2D eigenvalue weighted by molar-refractivity contribution is -0.142. The number of carboxylic acids is 1. The van der Waals surface area contributed by atoms with Crippen molar-refractivity contribution in [1.29, 1.82) is 0 Å². The minimum Gasteiger partial charge on any atom is -0.480 e. The molecule has 4 heteroatoms. The Hall–Kier alpha value is -2.00. The van der Waals surface area contributed by atoms with Gasteiger partial charge in [-0.3, -0.25) is 0 Å². The maximum atomic E-state index is 11.6. The van der Waals surface area contributed by atoms with Gasteiger partial charge in [-0.25, -0.2) is 4.79 Å². The quantitative estimate of drug-likeness (QED) is 0.850. The number of benzene rings is 2. The van der Waals surface area contributed by atoms with Crippen molar-refractivity contribution in [2.24, 2.45) is 0 Å². The molecule has 22 heavy (non-hydrogen) atoms. The second-order valence-electron chi connectivity index (χ2n) is 5.80. The van der Waals surface area contributed by atoms with E-state index in [2.05, 4.69) is 5.32 Å². The summed E-state index contributed by atoms with van der Waals surface area (Å²) in [5.41, 5.74) is 2.21. The topological polar surface area (TPSA) is 49.3 Å². The van der Waals surface area contributed by atoms with Crippen molar-refractivity contribution in [2.75, 3.05) is 5.32 Å². The van der Waals surface area contributed by atoms with E-state index in [0.717, 1.165) is 29.7 Å². The molecule has 1 aliphatic carbocycles. The van der Waals surface area contributed by atoms with Crippen LogP contribution in [0.4, 0.5) is 5.69 Å². The van der Waals surface area contributed by atoms with Crippen LogP contribution in [0.2, 0.25) is 5.02 Å². The number of anilines is 1. The molecule has 114 valence electrons. The lowest BCUT2D eigenvalue weighted by atomic mass is 9.97. The van der Waals surface area contributed by atoms with E-state index in [-0.39, 0.29) is 0 Å². The van der Waals surface area contributed by atoms with Gasteiger partial charge >= 0.3 is 5.97 Å². The number of hydrogen-bond acceptors (Lipinski definition) is 2. The van der Waals surface area contributed by atoms with E-state index < -0.39 is 11.5 Å². The van der Waals surface area contributed by atoms with E-state index in [1.807, 2.05) is 48.5 Å². The van der Waals surface area contributed by atoms with Crippen molar-refractivity contribution < 1.29 is 9.90 Å². The van der Waals surface area contributed by atoms with Crippen LogP contribution in [-0.2, 0) is 4.79 Å². The predicted molar refractivity (Wildman–Crippen MR) is 89.3 cm³/mol. The van der Waals surface area contributed by atoms with Gasteiger partial charge in [0.2, 0.25) is 0 Å². The highest BCUT2D eigenvalue weighted by atomic mass is 35.5. The van der Waals surface area contributed by atoms with E-state index in [9.17, 15) is 9.90 Å². The van der Waals surface area contributed by atoms with Crippen LogP contribution >= 0.6 is 11.6 Å². The Morgan fingerprint density at radius 1 is 0.955 bits per heavy atom. The summed E-state index contributed by atoms with van der Waals surface area (Å²) >= 11 is 5.90. The van der Waals surface area contributed by atoms with Gasteiger partial charge < -0.3 is 10.4 Å². The van der Waals surface area contributed by atoms with E-state index in [1.165, 1.54) is 0 Å². The van der Waals surface area contributed by atoms with E-state index in [1.54, 1.807) is 0 Å². The van der Waals surface area contributed by atoms with Crippen molar-refractivity contribution in [1.82, 2.24) is 0 Å². The van der Waals surface area contributed by atoms with Crippen LogP contribution in [0.3, 0.4) is 0 Å². The number of carboxylic acid groups (broad SMARTS) is 1. The molecule has 0 spiro atoms. The van der Waals surface area contributed by atoms with Gasteiger partial charge in [-0.15, -0.1) is 0 Å². The Kier molecular flexibility index (Phi) is 4.08. The van der Waals surface area contributed by atoms with Crippen LogP contribution in [0, 0.1) is 0 Å². The van der Waals surface area contributed by atoms with Crippen LogP contribution in [0.1, 0.15) is 25.7 Å². The second kappa shape index (κ2) is 6.01. The first kappa shape index (κ1) is 14.9. The lowest BCUT2D eigenvalue weighted by Gasteiger charge is -2.26. The number of hydrogen-bond donors (Lipinski definition) is 2. The molecule has 0 aliphatic heterocycles. The molecule has 0 aromatic heterocycles. The van der Waals surface area contributed by atoms with Crippen LogP contribution < -0.4 is 5.32 Å². The average molecular weight is 316 g/mol. The molecule has 3 nitrogen and oxygen atoms in total. The fourth-order valence-corrected chi connectivity index (χ4v) is 3.16. The van der Waals surface area contributed by atoms with Gasteiger partial charge in [0.1, 0.15) is 5.54 Å². The minimum absolute atomic E-state index is 0.682. The van der Waals surface area contributed by atoms with Crippen molar-refractivity contribution >= 4 is 23.3 Å². The van der Waals surface area contributed by atoms with Gasteiger partial charge in [-0.2, -0.15) is 0 Å². The second-order valence-corrected chi connectivity index (χ2v) is 6.24. The van der Waals surface area contributed by atoms with Gasteiger partial charge in [-0.05, 0) is 48.2 Å². The third kappa shape index (κ3) is 2.95. The zero-order valence-corrected chi connectivity index (χ0v) is 12.9. The third-order valence-corrected chi connectivity index (χ3v) is 4.56. The molecule has 1 saturated carbocycles. The monoisotopic (exact) mass is 315 g/mol. The molecule has 3 rings (SSSR count). The highest BCUT2D eigenvalue weighted by Gasteiger charge is 2.41.